The maximum absolute atomic E-state index is 12.2. The molecule has 2 aromatic carbocycles. The fraction of sp³-hybridized carbons (Fsp3) is 0.211. The molecule has 1 N–H and O–H groups in total. The molecule has 1 amide bonds. The van der Waals surface area contributed by atoms with Gasteiger partial charge in [0, 0.05) is 24.2 Å². The van der Waals surface area contributed by atoms with E-state index in [1.165, 1.54) is 42.5 Å². The number of esters is 1. The summed E-state index contributed by atoms with van der Waals surface area (Å²) in [6, 6.07) is 13.3. The van der Waals surface area contributed by atoms with E-state index in [0.29, 0.717) is 6.42 Å². The molecule has 3 aromatic rings. The number of amides is 1. The Balaban J connectivity index is 1.51. The summed E-state index contributed by atoms with van der Waals surface area (Å²) in [7, 11) is 0. The Kier molecular flexibility index (Phi) is 5.95. The number of thiazole rings is 1. The average Bonchev–Trinajstić information content (AvgIpc) is 3.09. The lowest BCUT2D eigenvalue weighted by molar-refractivity contribution is -0.384. The Morgan fingerprint density at radius 1 is 1.25 bits per heavy atom. The molecule has 3 rings (SSSR count). The number of ether oxygens (including phenoxy) is 1. The number of benzene rings is 2. The minimum Gasteiger partial charge on any atom is -0.453 e. The van der Waals surface area contributed by atoms with Crippen molar-refractivity contribution in [2.45, 2.75) is 25.9 Å². The van der Waals surface area contributed by atoms with Crippen LogP contribution in [0.25, 0.3) is 10.2 Å². The lowest BCUT2D eigenvalue weighted by atomic mass is 10.2. The highest BCUT2D eigenvalue weighted by atomic mass is 32.1. The maximum atomic E-state index is 12.2. The summed E-state index contributed by atoms with van der Waals surface area (Å²) < 4.78 is 6.20. The number of nitrogens with one attached hydrogen (secondary N) is 1. The number of nitro benzene ring substituents is 1. The molecule has 144 valence electrons. The van der Waals surface area contributed by atoms with Gasteiger partial charge in [0.05, 0.1) is 26.6 Å². The van der Waals surface area contributed by atoms with Gasteiger partial charge in [0.25, 0.3) is 11.6 Å². The van der Waals surface area contributed by atoms with Gasteiger partial charge < -0.3 is 10.1 Å². The van der Waals surface area contributed by atoms with Crippen LogP contribution in [0.2, 0.25) is 0 Å². The summed E-state index contributed by atoms with van der Waals surface area (Å²) in [6.45, 7) is 1.45. The highest BCUT2D eigenvalue weighted by molar-refractivity contribution is 7.18. The van der Waals surface area contributed by atoms with Crippen LogP contribution in [0.4, 0.5) is 11.4 Å². The van der Waals surface area contributed by atoms with Crippen molar-refractivity contribution in [2.75, 3.05) is 5.32 Å². The zero-order valence-electron chi connectivity index (χ0n) is 15.0. The molecule has 0 fully saturated rings. The summed E-state index contributed by atoms with van der Waals surface area (Å²) in [5.41, 5.74) is 1.01. The first-order chi connectivity index (χ1) is 13.4. The predicted molar refractivity (Wildman–Crippen MR) is 105 cm³/mol. The van der Waals surface area contributed by atoms with Gasteiger partial charge in [0.2, 0.25) is 0 Å². The second kappa shape index (κ2) is 8.57. The van der Waals surface area contributed by atoms with Crippen molar-refractivity contribution in [3.63, 3.8) is 0 Å². The van der Waals surface area contributed by atoms with Gasteiger partial charge >= 0.3 is 5.97 Å². The van der Waals surface area contributed by atoms with Crippen LogP contribution in [0.3, 0.4) is 0 Å². The smallest absolute Gasteiger partial charge is 0.306 e. The van der Waals surface area contributed by atoms with Crippen molar-refractivity contribution in [1.82, 2.24) is 4.98 Å². The zero-order valence-corrected chi connectivity index (χ0v) is 15.8. The quantitative estimate of drug-likeness (QED) is 0.368. The van der Waals surface area contributed by atoms with E-state index in [1.54, 1.807) is 0 Å². The first-order valence-corrected chi connectivity index (χ1v) is 9.33. The number of para-hydroxylation sites is 1. The standard InChI is InChI=1S/C19H17N3O5S/c1-12(19(24)20-13-5-4-6-14(11-13)22(25)26)27-18(23)10-9-17-21-15-7-2-3-8-16(15)28-17/h2-8,11-12H,9-10H2,1H3,(H,20,24). The van der Waals surface area contributed by atoms with E-state index in [-0.39, 0.29) is 17.8 Å². The van der Waals surface area contributed by atoms with E-state index >= 15 is 0 Å². The number of hydrogen-bond donors (Lipinski definition) is 1. The third-order valence-corrected chi connectivity index (χ3v) is 4.98. The van der Waals surface area contributed by atoms with Crippen molar-refractivity contribution in [3.05, 3.63) is 63.7 Å². The first kappa shape index (κ1) is 19.4. The van der Waals surface area contributed by atoms with Gasteiger partial charge in [0.15, 0.2) is 6.10 Å². The van der Waals surface area contributed by atoms with Crippen LogP contribution < -0.4 is 5.32 Å². The number of hydrogen-bond acceptors (Lipinski definition) is 7. The Bertz CT molecular complexity index is 1000. The molecule has 0 aliphatic heterocycles. The Labute approximate surface area is 164 Å². The third kappa shape index (κ3) is 4.89. The number of carbonyl (C=O) groups excluding carboxylic acids is 2. The number of nitrogens with zero attached hydrogens (tertiary/aromatic N) is 2. The SMILES string of the molecule is CC(OC(=O)CCc1nc2ccccc2s1)C(=O)Nc1cccc([N+](=O)[O-])c1. The molecule has 1 atom stereocenters. The summed E-state index contributed by atoms with van der Waals surface area (Å²) in [5.74, 6) is -1.07. The Hall–Kier alpha value is -3.33. The molecule has 1 heterocycles. The molecular weight excluding hydrogens is 382 g/mol. The molecule has 0 aliphatic rings. The average molecular weight is 399 g/mol. The van der Waals surface area contributed by atoms with Crippen molar-refractivity contribution in [2.24, 2.45) is 0 Å². The van der Waals surface area contributed by atoms with Crippen LogP contribution in [-0.2, 0) is 20.7 Å². The van der Waals surface area contributed by atoms with Gasteiger partial charge in [-0.1, -0.05) is 18.2 Å². The molecule has 0 radical (unpaired) electrons. The van der Waals surface area contributed by atoms with Gasteiger partial charge in [-0.05, 0) is 25.1 Å². The zero-order chi connectivity index (χ0) is 20.1. The molecule has 0 bridgehead atoms. The van der Waals surface area contributed by atoms with Crippen LogP contribution in [0.5, 0.6) is 0 Å². The van der Waals surface area contributed by atoms with Crippen LogP contribution in [-0.4, -0.2) is 27.9 Å². The fourth-order valence-corrected chi connectivity index (χ4v) is 3.45. The number of carbonyl (C=O) groups is 2. The number of rotatable bonds is 7. The predicted octanol–water partition coefficient (Wildman–Crippen LogP) is 3.71. The molecule has 0 spiro atoms. The highest BCUT2D eigenvalue weighted by Gasteiger charge is 2.19. The van der Waals surface area contributed by atoms with Gasteiger partial charge in [-0.15, -0.1) is 11.3 Å². The van der Waals surface area contributed by atoms with Crippen molar-refractivity contribution in [1.29, 1.82) is 0 Å². The molecule has 0 saturated heterocycles. The van der Waals surface area contributed by atoms with E-state index < -0.39 is 22.9 Å². The monoisotopic (exact) mass is 399 g/mol. The summed E-state index contributed by atoms with van der Waals surface area (Å²) >= 11 is 1.52. The van der Waals surface area contributed by atoms with Gasteiger partial charge in [-0.25, -0.2) is 4.98 Å². The van der Waals surface area contributed by atoms with Crippen LogP contribution in [0.1, 0.15) is 18.4 Å². The van der Waals surface area contributed by atoms with Crippen molar-refractivity contribution in [3.8, 4) is 0 Å². The van der Waals surface area contributed by atoms with Gasteiger partial charge in [-0.2, -0.15) is 0 Å². The number of nitro groups is 1. The van der Waals surface area contributed by atoms with E-state index in [2.05, 4.69) is 10.3 Å². The second-order valence-corrected chi connectivity index (χ2v) is 7.12. The van der Waals surface area contributed by atoms with Crippen LogP contribution in [0.15, 0.2) is 48.5 Å². The first-order valence-electron chi connectivity index (χ1n) is 8.51. The molecule has 8 nitrogen and oxygen atoms in total. The summed E-state index contributed by atoms with van der Waals surface area (Å²) in [4.78, 5) is 38.9. The molecule has 0 saturated carbocycles. The summed E-state index contributed by atoms with van der Waals surface area (Å²) in [5, 5.41) is 14.1. The normalized spacial score (nSPS) is 11.8. The van der Waals surface area contributed by atoms with Crippen LogP contribution in [0, 0.1) is 10.1 Å². The van der Waals surface area contributed by atoms with E-state index in [0.717, 1.165) is 15.2 Å². The fourth-order valence-electron chi connectivity index (χ4n) is 2.49. The topological polar surface area (TPSA) is 111 Å². The molecule has 1 unspecified atom stereocenters. The molecule has 0 aliphatic carbocycles. The number of non-ortho nitro benzene ring substituents is 1. The summed E-state index contributed by atoms with van der Waals surface area (Å²) in [6.07, 6.45) is -0.492. The number of aromatic nitrogens is 1. The van der Waals surface area contributed by atoms with Gasteiger partial charge in [-0.3, -0.25) is 19.7 Å². The number of anilines is 1. The lowest BCUT2D eigenvalue weighted by Gasteiger charge is -2.13. The van der Waals surface area contributed by atoms with Gasteiger partial charge in [0.1, 0.15) is 0 Å². The Morgan fingerprint density at radius 2 is 2.04 bits per heavy atom. The van der Waals surface area contributed by atoms with Crippen molar-refractivity contribution >= 4 is 44.8 Å². The van der Waals surface area contributed by atoms with E-state index in [4.69, 9.17) is 4.74 Å². The number of aryl methyl sites for hydroxylation is 1. The third-order valence-electron chi connectivity index (χ3n) is 3.88. The van der Waals surface area contributed by atoms with Crippen LogP contribution >= 0.6 is 11.3 Å². The maximum Gasteiger partial charge on any atom is 0.306 e. The van der Waals surface area contributed by atoms with E-state index in [9.17, 15) is 19.7 Å². The van der Waals surface area contributed by atoms with E-state index in [1.807, 2.05) is 24.3 Å². The lowest BCUT2D eigenvalue weighted by Crippen LogP contribution is -2.30. The van der Waals surface area contributed by atoms with Crippen molar-refractivity contribution < 1.29 is 19.2 Å². The largest absolute Gasteiger partial charge is 0.453 e. The molecule has 28 heavy (non-hydrogen) atoms. The number of fused-ring (bicyclic) bond motifs is 1. The molecule has 1 aromatic heterocycles. The minimum absolute atomic E-state index is 0.105. The minimum atomic E-state index is -1.03. The Morgan fingerprint density at radius 3 is 2.79 bits per heavy atom. The molecular formula is C19H17N3O5S. The second-order valence-electron chi connectivity index (χ2n) is 6.00. The molecule has 9 heteroatoms. The highest BCUT2D eigenvalue weighted by Crippen LogP contribution is 2.22.